The zero-order chi connectivity index (χ0) is 18.6. The second kappa shape index (κ2) is 8.21. The van der Waals surface area contributed by atoms with Gasteiger partial charge < -0.3 is 9.15 Å². The van der Waals surface area contributed by atoms with Gasteiger partial charge in [0.2, 0.25) is 0 Å². The molecule has 1 aromatic heterocycles. The van der Waals surface area contributed by atoms with Gasteiger partial charge in [0, 0.05) is 17.4 Å². The number of benzene rings is 1. The van der Waals surface area contributed by atoms with E-state index in [-0.39, 0.29) is 11.2 Å². The van der Waals surface area contributed by atoms with Crippen LogP contribution in [-0.2, 0) is 12.0 Å². The van der Waals surface area contributed by atoms with Gasteiger partial charge in [0.15, 0.2) is 16.2 Å². The highest BCUT2D eigenvalue weighted by atomic mass is 79.9. The third-order valence-electron chi connectivity index (χ3n) is 5.25. The predicted octanol–water partition coefficient (Wildman–Crippen LogP) is 5.73. The number of rotatable bonds is 9. The SMILES string of the molecule is C=NCc1ccc2c(c1)C(CC)(CCCCC(=O)c1ccc(Br)o1)CO2. The summed E-state index contributed by atoms with van der Waals surface area (Å²) >= 11 is 3.23. The van der Waals surface area contributed by atoms with Gasteiger partial charge >= 0.3 is 0 Å². The number of ether oxygens (including phenoxy) is 1. The molecule has 0 radical (unpaired) electrons. The van der Waals surface area contributed by atoms with Crippen molar-refractivity contribution in [2.45, 2.75) is 51.0 Å². The molecule has 0 spiro atoms. The minimum absolute atomic E-state index is 0.0310. The van der Waals surface area contributed by atoms with Gasteiger partial charge in [0.1, 0.15) is 5.75 Å². The smallest absolute Gasteiger partial charge is 0.198 e. The lowest BCUT2D eigenvalue weighted by Crippen LogP contribution is -2.27. The summed E-state index contributed by atoms with van der Waals surface area (Å²) in [4.78, 5) is 16.2. The van der Waals surface area contributed by atoms with E-state index in [1.165, 1.54) is 11.1 Å². The van der Waals surface area contributed by atoms with E-state index in [2.05, 4.69) is 46.7 Å². The van der Waals surface area contributed by atoms with Crippen LogP contribution in [0, 0.1) is 0 Å². The summed E-state index contributed by atoms with van der Waals surface area (Å²) in [5, 5.41) is 0. The highest BCUT2D eigenvalue weighted by Gasteiger charge is 2.38. The Hall–Kier alpha value is -1.88. The van der Waals surface area contributed by atoms with Gasteiger partial charge in [-0.25, -0.2) is 0 Å². The fourth-order valence-electron chi connectivity index (χ4n) is 3.65. The van der Waals surface area contributed by atoms with Gasteiger partial charge in [-0.15, -0.1) is 0 Å². The van der Waals surface area contributed by atoms with Crippen LogP contribution in [-0.4, -0.2) is 19.1 Å². The maximum Gasteiger partial charge on any atom is 0.198 e. The molecule has 0 amide bonds. The number of Topliss-reactive ketones (excluding diaryl/α,β-unsaturated/α-hetero) is 1. The molecule has 0 fully saturated rings. The van der Waals surface area contributed by atoms with Crippen LogP contribution in [0.1, 0.15) is 60.7 Å². The quantitative estimate of drug-likeness (QED) is 0.297. The zero-order valence-electron chi connectivity index (χ0n) is 15.1. The lowest BCUT2D eigenvalue weighted by atomic mass is 9.75. The van der Waals surface area contributed by atoms with Gasteiger partial charge in [-0.3, -0.25) is 9.79 Å². The number of aliphatic imine (C=N–C) groups is 1. The minimum atomic E-state index is 0.0310. The molecule has 1 aliphatic rings. The fourth-order valence-corrected chi connectivity index (χ4v) is 3.96. The lowest BCUT2D eigenvalue weighted by molar-refractivity contribution is 0.0949. The number of halogens is 1. The van der Waals surface area contributed by atoms with Crippen molar-refractivity contribution in [1.82, 2.24) is 0 Å². The number of hydrogen-bond acceptors (Lipinski definition) is 4. The molecule has 5 heteroatoms. The third-order valence-corrected chi connectivity index (χ3v) is 5.67. The van der Waals surface area contributed by atoms with E-state index in [0.717, 1.165) is 31.4 Å². The van der Waals surface area contributed by atoms with Crippen LogP contribution >= 0.6 is 15.9 Å². The second-order valence-electron chi connectivity index (χ2n) is 6.87. The van der Waals surface area contributed by atoms with E-state index in [9.17, 15) is 4.79 Å². The van der Waals surface area contributed by atoms with Crippen molar-refractivity contribution in [3.8, 4) is 5.75 Å². The van der Waals surface area contributed by atoms with Crippen LogP contribution in [0.4, 0.5) is 0 Å². The number of unbranched alkanes of at least 4 members (excludes halogenated alkanes) is 1. The predicted molar refractivity (Wildman–Crippen MR) is 106 cm³/mol. The van der Waals surface area contributed by atoms with Crippen LogP contribution in [0.25, 0.3) is 0 Å². The molecule has 0 saturated heterocycles. The van der Waals surface area contributed by atoms with E-state index in [4.69, 9.17) is 9.15 Å². The summed E-state index contributed by atoms with van der Waals surface area (Å²) in [6.07, 6.45) is 4.37. The Balaban J connectivity index is 1.61. The second-order valence-corrected chi connectivity index (χ2v) is 7.65. The van der Waals surface area contributed by atoms with E-state index in [1.807, 2.05) is 6.07 Å². The van der Waals surface area contributed by atoms with Gasteiger partial charge in [-0.1, -0.05) is 19.4 Å². The van der Waals surface area contributed by atoms with Crippen molar-refractivity contribution >= 4 is 28.4 Å². The number of hydrogen-bond donors (Lipinski definition) is 0. The van der Waals surface area contributed by atoms with Crippen molar-refractivity contribution in [3.63, 3.8) is 0 Å². The van der Waals surface area contributed by atoms with Crippen molar-refractivity contribution in [3.05, 3.63) is 51.9 Å². The van der Waals surface area contributed by atoms with Crippen molar-refractivity contribution in [1.29, 1.82) is 0 Å². The first-order valence-electron chi connectivity index (χ1n) is 9.05. The standard InChI is InChI=1S/C21H24BrNO3/c1-3-21(11-5-4-6-17(24)19-9-10-20(22)26-19)14-25-18-8-7-15(13-23-2)12-16(18)21/h7-10,12H,2-6,11,13-14H2,1H3. The number of carbonyl (C=O) groups excluding carboxylic acids is 1. The molecule has 1 aliphatic heterocycles. The molecule has 0 bridgehead atoms. The van der Waals surface area contributed by atoms with Crippen LogP contribution in [0.2, 0.25) is 0 Å². The molecule has 0 aliphatic carbocycles. The Kier molecular flexibility index (Phi) is 5.97. The maximum absolute atomic E-state index is 12.2. The number of carbonyl (C=O) groups is 1. The average Bonchev–Trinajstić information content (AvgIpc) is 3.23. The van der Waals surface area contributed by atoms with E-state index in [0.29, 0.717) is 30.0 Å². The molecule has 1 unspecified atom stereocenters. The number of nitrogens with zero attached hydrogens (tertiary/aromatic N) is 1. The molecule has 26 heavy (non-hydrogen) atoms. The highest BCUT2D eigenvalue weighted by Crippen LogP contribution is 2.45. The van der Waals surface area contributed by atoms with E-state index in [1.54, 1.807) is 12.1 Å². The monoisotopic (exact) mass is 417 g/mol. The molecular weight excluding hydrogens is 394 g/mol. The molecule has 0 saturated carbocycles. The Morgan fingerprint density at radius 3 is 2.85 bits per heavy atom. The topological polar surface area (TPSA) is 51.8 Å². The summed E-state index contributed by atoms with van der Waals surface area (Å²) in [5.74, 6) is 1.47. The van der Waals surface area contributed by atoms with Crippen molar-refractivity contribution in [2.24, 2.45) is 4.99 Å². The van der Waals surface area contributed by atoms with Crippen LogP contribution < -0.4 is 4.74 Å². The lowest BCUT2D eigenvalue weighted by Gasteiger charge is -2.26. The number of furan rings is 1. The van der Waals surface area contributed by atoms with Gasteiger partial charge in [0.25, 0.3) is 0 Å². The normalized spacial score (nSPS) is 18.4. The Bertz CT molecular complexity index is 798. The van der Waals surface area contributed by atoms with Gasteiger partial charge in [-0.05, 0) is 71.7 Å². The first-order valence-corrected chi connectivity index (χ1v) is 9.84. The molecule has 1 atom stereocenters. The van der Waals surface area contributed by atoms with E-state index >= 15 is 0 Å². The minimum Gasteiger partial charge on any atom is -0.492 e. The first-order chi connectivity index (χ1) is 12.6. The summed E-state index contributed by atoms with van der Waals surface area (Å²) < 4.78 is 11.9. The molecule has 1 aromatic carbocycles. The maximum atomic E-state index is 12.2. The van der Waals surface area contributed by atoms with Crippen LogP contribution in [0.15, 0.2) is 44.4 Å². The fraction of sp³-hybridized carbons (Fsp3) is 0.429. The third kappa shape index (κ3) is 3.93. The molecule has 2 aromatic rings. The Morgan fingerprint density at radius 1 is 1.31 bits per heavy atom. The average molecular weight is 418 g/mol. The summed E-state index contributed by atoms with van der Waals surface area (Å²) in [6.45, 7) is 7.13. The number of fused-ring (bicyclic) bond motifs is 1. The molecule has 3 rings (SSSR count). The van der Waals surface area contributed by atoms with Gasteiger partial charge in [-0.2, -0.15) is 0 Å². The van der Waals surface area contributed by atoms with Crippen LogP contribution in [0.5, 0.6) is 5.75 Å². The molecule has 2 heterocycles. The first kappa shape index (κ1) is 18.9. The van der Waals surface area contributed by atoms with Crippen molar-refractivity contribution in [2.75, 3.05) is 6.61 Å². The molecule has 4 nitrogen and oxygen atoms in total. The summed E-state index contributed by atoms with van der Waals surface area (Å²) in [6, 6.07) is 9.79. The van der Waals surface area contributed by atoms with Crippen LogP contribution in [0.3, 0.4) is 0 Å². The molecule has 138 valence electrons. The van der Waals surface area contributed by atoms with Gasteiger partial charge in [0.05, 0.1) is 13.2 Å². The number of ketones is 1. The summed E-state index contributed by atoms with van der Waals surface area (Å²) in [7, 11) is 0. The highest BCUT2D eigenvalue weighted by molar-refractivity contribution is 9.10. The van der Waals surface area contributed by atoms with E-state index < -0.39 is 0 Å². The zero-order valence-corrected chi connectivity index (χ0v) is 16.7. The molecular formula is C21H24BrNO3. The Labute approximate surface area is 162 Å². The largest absolute Gasteiger partial charge is 0.492 e. The summed E-state index contributed by atoms with van der Waals surface area (Å²) in [5.41, 5.74) is 2.48. The molecule has 0 N–H and O–H groups in total. The Morgan fingerprint density at radius 2 is 2.15 bits per heavy atom. The van der Waals surface area contributed by atoms with Crippen molar-refractivity contribution < 1.29 is 13.9 Å².